The van der Waals surface area contributed by atoms with Gasteiger partial charge in [0.15, 0.2) is 11.5 Å². The molecule has 1 amide bonds. The van der Waals surface area contributed by atoms with Crippen LogP contribution in [0.4, 0.5) is 0 Å². The molecule has 0 bridgehead atoms. The Morgan fingerprint density at radius 3 is 2.61 bits per heavy atom. The zero-order valence-electron chi connectivity index (χ0n) is 18.3. The summed E-state index contributed by atoms with van der Waals surface area (Å²) in [6.45, 7) is 2.29. The topological polar surface area (TPSA) is 59.9 Å². The number of nitrogens with zero attached hydrogens (tertiary/aromatic N) is 1. The molecule has 0 aliphatic carbocycles. The van der Waals surface area contributed by atoms with Crippen molar-refractivity contribution in [1.82, 2.24) is 5.43 Å². The quantitative estimate of drug-likeness (QED) is 0.239. The maximum atomic E-state index is 12.3. The first-order valence-corrected chi connectivity index (χ1v) is 11.2. The number of benzene rings is 4. The van der Waals surface area contributed by atoms with Crippen molar-refractivity contribution in [1.29, 1.82) is 0 Å². The van der Waals surface area contributed by atoms with Gasteiger partial charge in [0.2, 0.25) is 0 Å². The predicted molar refractivity (Wildman–Crippen MR) is 135 cm³/mol. The summed E-state index contributed by atoms with van der Waals surface area (Å²) in [5.74, 6) is 0.910. The van der Waals surface area contributed by atoms with E-state index < -0.39 is 0 Å². The van der Waals surface area contributed by atoms with Crippen molar-refractivity contribution in [3.05, 3.63) is 106 Å². The lowest BCUT2D eigenvalue weighted by Crippen LogP contribution is -2.18. The second-order valence-corrected chi connectivity index (χ2v) is 8.33. The predicted octanol–water partition coefficient (Wildman–Crippen LogP) is 6.26. The fraction of sp³-hybridized carbons (Fsp3) is 0.111. The van der Waals surface area contributed by atoms with Crippen LogP contribution in [0.5, 0.6) is 11.5 Å². The molecule has 0 aromatic heterocycles. The lowest BCUT2D eigenvalue weighted by Gasteiger charge is -2.14. The van der Waals surface area contributed by atoms with Gasteiger partial charge in [-0.3, -0.25) is 4.79 Å². The summed E-state index contributed by atoms with van der Waals surface area (Å²) in [4.78, 5) is 12.3. The molecule has 6 heteroatoms. The minimum atomic E-state index is -0.259. The molecule has 0 aliphatic heterocycles. The molecule has 166 valence electrons. The highest BCUT2D eigenvalue weighted by Gasteiger charge is 2.13. The van der Waals surface area contributed by atoms with Gasteiger partial charge >= 0.3 is 0 Å². The monoisotopic (exact) mass is 502 g/mol. The summed E-state index contributed by atoms with van der Waals surface area (Å²) in [5.41, 5.74) is 5.89. The van der Waals surface area contributed by atoms with Crippen LogP contribution in [0, 0.1) is 6.92 Å². The van der Waals surface area contributed by atoms with Crippen molar-refractivity contribution >= 4 is 38.8 Å². The van der Waals surface area contributed by atoms with E-state index in [2.05, 4.69) is 50.7 Å². The zero-order valence-corrected chi connectivity index (χ0v) is 19.9. The molecule has 0 radical (unpaired) electrons. The third-order valence-corrected chi connectivity index (χ3v) is 5.86. The van der Waals surface area contributed by atoms with Crippen LogP contribution < -0.4 is 14.9 Å². The van der Waals surface area contributed by atoms with Gasteiger partial charge in [0.05, 0.1) is 17.8 Å². The number of hydrazone groups is 1. The molecule has 0 unspecified atom stereocenters. The average molecular weight is 503 g/mol. The highest BCUT2D eigenvalue weighted by atomic mass is 79.9. The van der Waals surface area contributed by atoms with Crippen molar-refractivity contribution in [2.45, 2.75) is 13.5 Å². The van der Waals surface area contributed by atoms with Crippen LogP contribution in [0.15, 0.2) is 88.4 Å². The third kappa shape index (κ3) is 5.23. The van der Waals surface area contributed by atoms with Gasteiger partial charge < -0.3 is 9.47 Å². The molecule has 0 saturated heterocycles. The summed E-state index contributed by atoms with van der Waals surface area (Å²) >= 11 is 3.58. The zero-order chi connectivity index (χ0) is 23.2. The van der Waals surface area contributed by atoms with E-state index in [1.165, 1.54) is 5.39 Å². The molecule has 4 aromatic rings. The van der Waals surface area contributed by atoms with Crippen LogP contribution in [0.1, 0.15) is 27.0 Å². The number of ether oxygens (including phenoxy) is 2. The molecule has 0 saturated carbocycles. The lowest BCUT2D eigenvalue weighted by atomic mass is 10.1. The SMILES string of the molecule is COc1cc(/C=N/NC(=O)c2ccccc2C)cc(Br)c1OCc1cccc2ccccc12. The van der Waals surface area contributed by atoms with E-state index in [0.29, 0.717) is 23.7 Å². The van der Waals surface area contributed by atoms with Crippen molar-refractivity contribution in [3.8, 4) is 11.5 Å². The third-order valence-electron chi connectivity index (χ3n) is 5.27. The van der Waals surface area contributed by atoms with E-state index in [0.717, 1.165) is 26.5 Å². The number of carbonyl (C=O) groups excluding carboxylic acids is 1. The number of halogens is 1. The first-order chi connectivity index (χ1) is 16.1. The molecule has 0 spiro atoms. The maximum Gasteiger partial charge on any atom is 0.271 e. The highest BCUT2D eigenvalue weighted by molar-refractivity contribution is 9.10. The minimum absolute atomic E-state index is 0.259. The first kappa shape index (κ1) is 22.6. The van der Waals surface area contributed by atoms with E-state index in [4.69, 9.17) is 9.47 Å². The number of methoxy groups -OCH3 is 1. The van der Waals surface area contributed by atoms with E-state index in [1.54, 1.807) is 19.4 Å². The van der Waals surface area contributed by atoms with E-state index in [-0.39, 0.29) is 5.91 Å². The summed E-state index contributed by atoms with van der Waals surface area (Å²) in [5, 5.41) is 6.42. The van der Waals surface area contributed by atoms with Gasteiger partial charge in [0, 0.05) is 5.56 Å². The molecule has 5 nitrogen and oxygen atoms in total. The number of rotatable bonds is 7. The summed E-state index contributed by atoms with van der Waals surface area (Å²) in [6.07, 6.45) is 1.57. The van der Waals surface area contributed by atoms with Crippen LogP contribution in [0.3, 0.4) is 0 Å². The maximum absolute atomic E-state index is 12.3. The van der Waals surface area contributed by atoms with Crippen molar-refractivity contribution in [3.63, 3.8) is 0 Å². The summed E-state index contributed by atoms with van der Waals surface area (Å²) in [6, 6.07) is 25.4. The van der Waals surface area contributed by atoms with Crippen LogP contribution in [0.25, 0.3) is 10.8 Å². The second-order valence-electron chi connectivity index (χ2n) is 7.48. The first-order valence-electron chi connectivity index (χ1n) is 10.4. The fourth-order valence-electron chi connectivity index (χ4n) is 3.58. The Balaban J connectivity index is 1.49. The molecule has 4 rings (SSSR count). The van der Waals surface area contributed by atoms with Gasteiger partial charge in [-0.25, -0.2) is 5.43 Å². The Morgan fingerprint density at radius 2 is 1.79 bits per heavy atom. The van der Waals surface area contributed by atoms with E-state index >= 15 is 0 Å². The van der Waals surface area contributed by atoms with Gasteiger partial charge in [0.1, 0.15) is 6.61 Å². The number of hydrogen-bond donors (Lipinski definition) is 1. The summed E-state index contributed by atoms with van der Waals surface area (Å²) in [7, 11) is 1.59. The van der Waals surface area contributed by atoms with Crippen LogP contribution in [0.2, 0.25) is 0 Å². The van der Waals surface area contributed by atoms with E-state index in [1.807, 2.05) is 55.5 Å². The van der Waals surface area contributed by atoms with Crippen LogP contribution in [-0.4, -0.2) is 19.2 Å². The highest BCUT2D eigenvalue weighted by Crippen LogP contribution is 2.37. The van der Waals surface area contributed by atoms with Gasteiger partial charge in [-0.15, -0.1) is 0 Å². The van der Waals surface area contributed by atoms with Gasteiger partial charge in [0.25, 0.3) is 5.91 Å². The fourth-order valence-corrected chi connectivity index (χ4v) is 4.15. The molecule has 4 aromatic carbocycles. The molecular weight excluding hydrogens is 480 g/mol. The number of nitrogens with one attached hydrogen (secondary N) is 1. The lowest BCUT2D eigenvalue weighted by molar-refractivity contribution is 0.0954. The van der Waals surface area contributed by atoms with Gasteiger partial charge in [-0.05, 0) is 68.5 Å². The molecule has 1 N–H and O–H groups in total. The van der Waals surface area contributed by atoms with E-state index in [9.17, 15) is 4.79 Å². The number of carbonyl (C=O) groups is 1. The average Bonchev–Trinajstić information content (AvgIpc) is 2.83. The number of amides is 1. The molecule has 0 atom stereocenters. The van der Waals surface area contributed by atoms with Crippen LogP contribution >= 0.6 is 15.9 Å². The molecule has 0 fully saturated rings. The number of hydrogen-bond acceptors (Lipinski definition) is 4. The Kier molecular flexibility index (Phi) is 7.05. The van der Waals surface area contributed by atoms with Crippen molar-refractivity contribution in [2.24, 2.45) is 5.10 Å². The van der Waals surface area contributed by atoms with Gasteiger partial charge in [-0.1, -0.05) is 60.7 Å². The Labute approximate surface area is 201 Å². The Hall–Kier alpha value is -3.64. The molecule has 0 aliphatic rings. The number of aryl methyl sites for hydroxylation is 1. The normalized spacial score (nSPS) is 11.0. The second kappa shape index (κ2) is 10.3. The Morgan fingerprint density at radius 1 is 1.03 bits per heavy atom. The van der Waals surface area contributed by atoms with Crippen molar-refractivity contribution in [2.75, 3.05) is 7.11 Å². The summed E-state index contributed by atoms with van der Waals surface area (Å²) < 4.78 is 12.4. The van der Waals surface area contributed by atoms with Crippen molar-refractivity contribution < 1.29 is 14.3 Å². The number of fused-ring (bicyclic) bond motifs is 1. The largest absolute Gasteiger partial charge is 0.493 e. The molecule has 33 heavy (non-hydrogen) atoms. The standard InChI is InChI=1S/C27H23BrN2O3/c1-18-8-3-5-12-22(18)27(31)30-29-16-19-14-24(28)26(25(15-19)32-2)33-17-21-11-7-10-20-9-4-6-13-23(20)21/h3-16H,17H2,1-2H3,(H,30,31)/b29-16+. The Bertz CT molecular complexity index is 1330. The minimum Gasteiger partial charge on any atom is -0.493 e. The smallest absolute Gasteiger partial charge is 0.271 e. The molecular formula is C27H23BrN2O3. The van der Waals surface area contributed by atoms with Crippen LogP contribution in [-0.2, 0) is 6.61 Å². The molecule has 0 heterocycles. The van der Waals surface area contributed by atoms with Gasteiger partial charge in [-0.2, -0.15) is 5.10 Å².